The SMILES string of the molecule is CCCN1CC(C)CC1(CC)C(C)C. The van der Waals surface area contributed by atoms with E-state index in [0.29, 0.717) is 5.54 Å². The normalized spacial score (nSPS) is 34.3. The molecule has 0 aliphatic carbocycles. The molecule has 0 radical (unpaired) electrons. The van der Waals surface area contributed by atoms with Crippen molar-refractivity contribution in [1.82, 2.24) is 4.90 Å². The number of likely N-dealkylation sites (tertiary alicyclic amines) is 1. The molecule has 0 aromatic heterocycles. The van der Waals surface area contributed by atoms with Gasteiger partial charge >= 0.3 is 0 Å². The summed E-state index contributed by atoms with van der Waals surface area (Å²) in [7, 11) is 0. The molecule has 1 aliphatic heterocycles. The van der Waals surface area contributed by atoms with Crippen molar-refractivity contribution in [3.63, 3.8) is 0 Å². The number of hydrogen-bond donors (Lipinski definition) is 0. The fraction of sp³-hybridized carbons (Fsp3) is 1.00. The van der Waals surface area contributed by atoms with Crippen molar-refractivity contribution in [3.8, 4) is 0 Å². The van der Waals surface area contributed by atoms with E-state index in [1.54, 1.807) is 0 Å². The lowest BCUT2D eigenvalue weighted by molar-refractivity contribution is 0.0827. The molecule has 0 aromatic carbocycles. The Balaban J connectivity index is 2.80. The van der Waals surface area contributed by atoms with Gasteiger partial charge in [-0.05, 0) is 37.6 Å². The van der Waals surface area contributed by atoms with Crippen LogP contribution in [0.2, 0.25) is 0 Å². The zero-order valence-corrected chi connectivity index (χ0v) is 10.6. The summed E-state index contributed by atoms with van der Waals surface area (Å²) in [6, 6.07) is 0. The minimum atomic E-state index is 0.509. The maximum absolute atomic E-state index is 2.75. The summed E-state index contributed by atoms with van der Waals surface area (Å²) in [5.41, 5.74) is 0.509. The van der Waals surface area contributed by atoms with Gasteiger partial charge in [-0.2, -0.15) is 0 Å². The third-order valence-corrected chi connectivity index (χ3v) is 4.04. The van der Waals surface area contributed by atoms with Gasteiger partial charge in [0.15, 0.2) is 0 Å². The molecule has 0 bridgehead atoms. The van der Waals surface area contributed by atoms with Gasteiger partial charge in [-0.3, -0.25) is 4.90 Å². The van der Waals surface area contributed by atoms with Gasteiger partial charge in [0.2, 0.25) is 0 Å². The second-order valence-corrected chi connectivity index (χ2v) is 5.37. The second-order valence-electron chi connectivity index (χ2n) is 5.37. The minimum absolute atomic E-state index is 0.509. The summed E-state index contributed by atoms with van der Waals surface area (Å²) in [6.45, 7) is 14.5. The molecule has 1 saturated heterocycles. The first kappa shape index (κ1) is 12.0. The Kier molecular flexibility index (Phi) is 4.00. The highest BCUT2D eigenvalue weighted by Crippen LogP contribution is 2.41. The van der Waals surface area contributed by atoms with Crippen LogP contribution in [0, 0.1) is 11.8 Å². The van der Waals surface area contributed by atoms with Crippen LogP contribution < -0.4 is 0 Å². The Hall–Kier alpha value is -0.0400. The molecule has 0 spiro atoms. The fourth-order valence-corrected chi connectivity index (χ4v) is 3.32. The highest BCUT2D eigenvalue weighted by Gasteiger charge is 2.44. The third-order valence-electron chi connectivity index (χ3n) is 4.04. The molecule has 14 heavy (non-hydrogen) atoms. The first-order valence-corrected chi connectivity index (χ1v) is 6.31. The van der Waals surface area contributed by atoms with Crippen LogP contribution in [0.1, 0.15) is 53.9 Å². The van der Waals surface area contributed by atoms with Crippen LogP contribution in [-0.2, 0) is 0 Å². The van der Waals surface area contributed by atoms with E-state index in [-0.39, 0.29) is 0 Å². The Morgan fingerprint density at radius 1 is 1.36 bits per heavy atom. The molecule has 1 aliphatic rings. The molecule has 0 N–H and O–H groups in total. The van der Waals surface area contributed by atoms with Crippen LogP contribution in [0.4, 0.5) is 0 Å². The van der Waals surface area contributed by atoms with Gasteiger partial charge in [0.1, 0.15) is 0 Å². The van der Waals surface area contributed by atoms with E-state index < -0.39 is 0 Å². The Morgan fingerprint density at radius 2 is 2.00 bits per heavy atom. The van der Waals surface area contributed by atoms with Gasteiger partial charge in [-0.1, -0.05) is 34.6 Å². The third kappa shape index (κ3) is 1.98. The van der Waals surface area contributed by atoms with Crippen molar-refractivity contribution in [2.45, 2.75) is 59.4 Å². The van der Waals surface area contributed by atoms with Crippen molar-refractivity contribution in [1.29, 1.82) is 0 Å². The molecule has 1 rings (SSSR count). The lowest BCUT2D eigenvalue weighted by atomic mass is 9.80. The molecule has 1 heteroatoms. The Bertz CT molecular complexity index is 176. The molecule has 0 saturated carbocycles. The van der Waals surface area contributed by atoms with Gasteiger partial charge < -0.3 is 0 Å². The summed E-state index contributed by atoms with van der Waals surface area (Å²) < 4.78 is 0. The molecule has 2 unspecified atom stereocenters. The molecular weight excluding hydrogens is 170 g/mol. The second kappa shape index (κ2) is 4.65. The minimum Gasteiger partial charge on any atom is -0.297 e. The zero-order chi connectivity index (χ0) is 10.8. The van der Waals surface area contributed by atoms with Crippen LogP contribution in [0.15, 0.2) is 0 Å². The molecule has 1 heterocycles. The van der Waals surface area contributed by atoms with Gasteiger partial charge in [-0.15, -0.1) is 0 Å². The van der Waals surface area contributed by atoms with E-state index in [4.69, 9.17) is 0 Å². The maximum atomic E-state index is 2.75. The summed E-state index contributed by atoms with van der Waals surface area (Å²) in [6.07, 6.45) is 4.01. The smallest absolute Gasteiger partial charge is 0.0233 e. The van der Waals surface area contributed by atoms with E-state index in [2.05, 4.69) is 39.5 Å². The van der Waals surface area contributed by atoms with Crippen LogP contribution in [0.3, 0.4) is 0 Å². The molecule has 1 fully saturated rings. The summed E-state index contributed by atoms with van der Waals surface area (Å²) in [5, 5.41) is 0. The lowest BCUT2D eigenvalue weighted by Crippen LogP contribution is -2.47. The quantitative estimate of drug-likeness (QED) is 0.666. The molecule has 1 nitrogen and oxygen atoms in total. The van der Waals surface area contributed by atoms with Crippen molar-refractivity contribution in [2.75, 3.05) is 13.1 Å². The summed E-state index contributed by atoms with van der Waals surface area (Å²) in [5.74, 6) is 1.69. The van der Waals surface area contributed by atoms with Crippen molar-refractivity contribution >= 4 is 0 Å². The average Bonchev–Trinajstić information content (AvgIpc) is 2.44. The standard InChI is InChI=1S/C13H27N/c1-6-8-14-10-12(5)9-13(14,7-2)11(3)4/h11-12H,6-10H2,1-5H3. The monoisotopic (exact) mass is 197 g/mol. The highest BCUT2D eigenvalue weighted by atomic mass is 15.2. The number of hydrogen-bond acceptors (Lipinski definition) is 1. The van der Waals surface area contributed by atoms with E-state index in [9.17, 15) is 0 Å². The first-order chi connectivity index (χ1) is 6.56. The van der Waals surface area contributed by atoms with Gasteiger partial charge in [0, 0.05) is 12.1 Å². The van der Waals surface area contributed by atoms with Gasteiger partial charge in [0.25, 0.3) is 0 Å². The summed E-state index contributed by atoms with van der Waals surface area (Å²) >= 11 is 0. The van der Waals surface area contributed by atoms with Crippen molar-refractivity contribution in [2.24, 2.45) is 11.8 Å². The van der Waals surface area contributed by atoms with Crippen LogP contribution in [-0.4, -0.2) is 23.5 Å². The Labute approximate surface area is 89.9 Å². The first-order valence-electron chi connectivity index (χ1n) is 6.31. The van der Waals surface area contributed by atoms with Gasteiger partial charge in [0.05, 0.1) is 0 Å². The van der Waals surface area contributed by atoms with Crippen LogP contribution in [0.25, 0.3) is 0 Å². The Morgan fingerprint density at radius 3 is 2.43 bits per heavy atom. The maximum Gasteiger partial charge on any atom is 0.0233 e. The highest BCUT2D eigenvalue weighted by molar-refractivity contribution is 4.99. The van der Waals surface area contributed by atoms with E-state index in [1.807, 2.05) is 0 Å². The fourth-order valence-electron chi connectivity index (χ4n) is 3.32. The molecule has 0 aromatic rings. The van der Waals surface area contributed by atoms with Crippen LogP contribution >= 0.6 is 0 Å². The van der Waals surface area contributed by atoms with Crippen molar-refractivity contribution in [3.05, 3.63) is 0 Å². The van der Waals surface area contributed by atoms with Gasteiger partial charge in [-0.25, -0.2) is 0 Å². The molecule has 84 valence electrons. The van der Waals surface area contributed by atoms with E-state index >= 15 is 0 Å². The molecule has 0 amide bonds. The molecule has 2 atom stereocenters. The topological polar surface area (TPSA) is 3.24 Å². The zero-order valence-electron chi connectivity index (χ0n) is 10.6. The predicted molar refractivity (Wildman–Crippen MR) is 63.5 cm³/mol. The average molecular weight is 197 g/mol. The van der Waals surface area contributed by atoms with Crippen molar-refractivity contribution < 1.29 is 0 Å². The number of nitrogens with zero attached hydrogens (tertiary/aromatic N) is 1. The van der Waals surface area contributed by atoms with E-state index in [0.717, 1.165) is 11.8 Å². The predicted octanol–water partition coefficient (Wildman–Crippen LogP) is 3.54. The molecular formula is C13H27N. The summed E-state index contributed by atoms with van der Waals surface area (Å²) in [4.78, 5) is 2.75. The largest absolute Gasteiger partial charge is 0.297 e. The number of rotatable bonds is 4. The lowest BCUT2D eigenvalue weighted by Gasteiger charge is -2.41. The van der Waals surface area contributed by atoms with Crippen LogP contribution in [0.5, 0.6) is 0 Å². The van der Waals surface area contributed by atoms with E-state index in [1.165, 1.54) is 32.4 Å².